The Balaban J connectivity index is 1.76. The van der Waals surface area contributed by atoms with Crippen LogP contribution in [0, 0.1) is 0 Å². The molecule has 5 heteroatoms. The van der Waals surface area contributed by atoms with Crippen molar-refractivity contribution in [1.82, 2.24) is 9.80 Å². The molecule has 1 amide bonds. The summed E-state index contributed by atoms with van der Waals surface area (Å²) >= 11 is 0. The van der Waals surface area contributed by atoms with Crippen LogP contribution in [0.3, 0.4) is 0 Å². The Morgan fingerprint density at radius 1 is 1.40 bits per heavy atom. The lowest BCUT2D eigenvalue weighted by Crippen LogP contribution is -2.54. The van der Waals surface area contributed by atoms with Crippen molar-refractivity contribution in [2.75, 3.05) is 26.7 Å². The van der Waals surface area contributed by atoms with Crippen LogP contribution in [0.15, 0.2) is 22.8 Å². The Bertz CT molecular complexity index is 463. The minimum Gasteiger partial charge on any atom is -0.467 e. The number of carbonyl (C=O) groups excluding carboxylic acids is 1. The molecule has 2 fully saturated rings. The fourth-order valence-electron chi connectivity index (χ4n) is 3.26. The van der Waals surface area contributed by atoms with E-state index >= 15 is 0 Å². The predicted octanol–water partition coefficient (Wildman–Crippen LogP) is 1.40. The Kier molecular flexibility index (Phi) is 3.56. The molecule has 1 aromatic rings. The lowest BCUT2D eigenvalue weighted by Gasteiger charge is -2.38. The van der Waals surface area contributed by atoms with Crippen LogP contribution < -0.4 is 0 Å². The van der Waals surface area contributed by atoms with E-state index in [2.05, 4.69) is 4.90 Å². The molecule has 1 N–H and O–H groups in total. The van der Waals surface area contributed by atoms with Crippen LogP contribution in [0.4, 0.5) is 0 Å². The van der Waals surface area contributed by atoms with Crippen molar-refractivity contribution in [2.24, 2.45) is 0 Å². The minimum absolute atomic E-state index is 0.0128. The monoisotopic (exact) mass is 278 g/mol. The normalized spacial score (nSPS) is 26.9. The maximum atomic E-state index is 12.8. The summed E-state index contributed by atoms with van der Waals surface area (Å²) in [7, 11) is 2.02. The van der Waals surface area contributed by atoms with Crippen molar-refractivity contribution in [3.8, 4) is 0 Å². The van der Waals surface area contributed by atoms with Crippen LogP contribution in [-0.4, -0.2) is 53.1 Å². The summed E-state index contributed by atoms with van der Waals surface area (Å²) in [4.78, 5) is 16.7. The molecule has 2 saturated heterocycles. The number of likely N-dealkylation sites (tertiary alicyclic amines) is 2. The zero-order valence-electron chi connectivity index (χ0n) is 11.9. The van der Waals surface area contributed by atoms with E-state index in [9.17, 15) is 9.90 Å². The lowest BCUT2D eigenvalue weighted by molar-refractivity contribution is -0.157. The number of hydrogen-bond acceptors (Lipinski definition) is 4. The highest BCUT2D eigenvalue weighted by atomic mass is 16.3. The van der Waals surface area contributed by atoms with Gasteiger partial charge in [-0.1, -0.05) is 0 Å². The van der Waals surface area contributed by atoms with E-state index in [1.54, 1.807) is 6.26 Å². The zero-order valence-corrected chi connectivity index (χ0v) is 11.9. The summed E-state index contributed by atoms with van der Waals surface area (Å²) in [6.45, 7) is 2.24. The molecule has 3 rings (SSSR count). The molecule has 3 heterocycles. The van der Waals surface area contributed by atoms with Gasteiger partial charge in [0.25, 0.3) is 5.91 Å². The van der Waals surface area contributed by atoms with E-state index in [1.807, 2.05) is 24.1 Å². The van der Waals surface area contributed by atoms with Gasteiger partial charge in [0.1, 0.15) is 11.4 Å². The number of piperidine rings is 1. The third kappa shape index (κ3) is 2.36. The van der Waals surface area contributed by atoms with Crippen LogP contribution >= 0.6 is 0 Å². The molecule has 0 radical (unpaired) electrons. The van der Waals surface area contributed by atoms with E-state index < -0.39 is 5.60 Å². The smallest absolute Gasteiger partial charge is 0.255 e. The highest BCUT2D eigenvalue weighted by Gasteiger charge is 2.45. The number of aliphatic hydroxyl groups is 1. The topological polar surface area (TPSA) is 56.9 Å². The Hall–Kier alpha value is -1.33. The molecule has 0 spiro atoms. The molecule has 2 aliphatic rings. The Morgan fingerprint density at radius 3 is 2.80 bits per heavy atom. The first-order chi connectivity index (χ1) is 9.60. The molecule has 5 nitrogen and oxygen atoms in total. The molecular weight excluding hydrogens is 256 g/mol. The Morgan fingerprint density at radius 2 is 2.15 bits per heavy atom. The van der Waals surface area contributed by atoms with Crippen LogP contribution in [0.1, 0.15) is 37.5 Å². The standard InChI is InChI=1S/C15H22N2O3/c1-16-9-6-15(19,7-10-16)14(18)17-8-2-4-12(17)13-5-3-11-20-13/h3,5,11-12,19H,2,4,6-10H2,1H3/t12-/m0/s1. The van der Waals surface area contributed by atoms with Crippen LogP contribution in [-0.2, 0) is 4.79 Å². The minimum atomic E-state index is -1.19. The maximum Gasteiger partial charge on any atom is 0.255 e. The summed E-state index contributed by atoms with van der Waals surface area (Å²) < 4.78 is 5.45. The van der Waals surface area contributed by atoms with E-state index in [1.165, 1.54) is 0 Å². The van der Waals surface area contributed by atoms with Gasteiger partial charge < -0.3 is 19.3 Å². The van der Waals surface area contributed by atoms with Crippen LogP contribution in [0.25, 0.3) is 0 Å². The van der Waals surface area contributed by atoms with E-state index in [0.29, 0.717) is 19.4 Å². The van der Waals surface area contributed by atoms with Gasteiger partial charge in [0.2, 0.25) is 0 Å². The van der Waals surface area contributed by atoms with Crippen molar-refractivity contribution in [2.45, 2.75) is 37.3 Å². The molecule has 0 aromatic carbocycles. The summed E-state index contributed by atoms with van der Waals surface area (Å²) in [5, 5.41) is 10.7. The van der Waals surface area contributed by atoms with E-state index in [4.69, 9.17) is 4.42 Å². The van der Waals surface area contributed by atoms with Gasteiger partial charge in [0, 0.05) is 19.6 Å². The molecule has 20 heavy (non-hydrogen) atoms. The molecule has 110 valence electrons. The van der Waals surface area contributed by atoms with E-state index in [-0.39, 0.29) is 11.9 Å². The molecule has 0 aliphatic carbocycles. The molecule has 1 atom stereocenters. The van der Waals surface area contributed by atoms with Gasteiger partial charge >= 0.3 is 0 Å². The number of nitrogens with zero attached hydrogens (tertiary/aromatic N) is 2. The summed E-state index contributed by atoms with van der Waals surface area (Å²) in [5.74, 6) is 0.705. The lowest BCUT2D eigenvalue weighted by atomic mass is 9.89. The third-order valence-corrected chi connectivity index (χ3v) is 4.60. The number of rotatable bonds is 2. The fourth-order valence-corrected chi connectivity index (χ4v) is 3.26. The zero-order chi connectivity index (χ0) is 14.2. The molecule has 2 aliphatic heterocycles. The third-order valence-electron chi connectivity index (χ3n) is 4.60. The molecular formula is C15H22N2O3. The van der Waals surface area contributed by atoms with Crippen molar-refractivity contribution in [3.63, 3.8) is 0 Å². The second-order valence-corrected chi connectivity index (χ2v) is 6.01. The first-order valence-corrected chi connectivity index (χ1v) is 7.35. The van der Waals surface area contributed by atoms with E-state index in [0.717, 1.165) is 31.7 Å². The second-order valence-electron chi connectivity index (χ2n) is 6.01. The number of furan rings is 1. The van der Waals surface area contributed by atoms with Gasteiger partial charge in [-0.25, -0.2) is 0 Å². The maximum absolute atomic E-state index is 12.8. The van der Waals surface area contributed by atoms with Gasteiger partial charge in [0.15, 0.2) is 0 Å². The molecule has 0 unspecified atom stereocenters. The molecule has 1 aromatic heterocycles. The number of carbonyl (C=O) groups is 1. The van der Waals surface area contributed by atoms with Crippen molar-refractivity contribution < 1.29 is 14.3 Å². The van der Waals surface area contributed by atoms with Crippen LogP contribution in [0.2, 0.25) is 0 Å². The summed E-state index contributed by atoms with van der Waals surface area (Å²) in [6, 6.07) is 3.75. The van der Waals surface area contributed by atoms with Gasteiger partial charge in [-0.2, -0.15) is 0 Å². The van der Waals surface area contributed by atoms with Crippen molar-refractivity contribution in [3.05, 3.63) is 24.2 Å². The average Bonchev–Trinajstić information content (AvgIpc) is 3.10. The largest absolute Gasteiger partial charge is 0.467 e. The number of hydrogen-bond donors (Lipinski definition) is 1. The van der Waals surface area contributed by atoms with Gasteiger partial charge in [-0.15, -0.1) is 0 Å². The van der Waals surface area contributed by atoms with Crippen LogP contribution in [0.5, 0.6) is 0 Å². The summed E-state index contributed by atoms with van der Waals surface area (Å²) in [6.07, 6.45) is 4.55. The first kappa shape index (κ1) is 13.6. The quantitative estimate of drug-likeness (QED) is 0.888. The van der Waals surface area contributed by atoms with Gasteiger partial charge in [-0.05, 0) is 44.9 Å². The van der Waals surface area contributed by atoms with Crippen molar-refractivity contribution >= 4 is 5.91 Å². The fraction of sp³-hybridized carbons (Fsp3) is 0.667. The highest BCUT2D eigenvalue weighted by molar-refractivity contribution is 5.85. The SMILES string of the molecule is CN1CCC(O)(C(=O)N2CCC[C@H]2c2ccco2)CC1. The average molecular weight is 278 g/mol. The van der Waals surface area contributed by atoms with Gasteiger partial charge in [-0.3, -0.25) is 4.79 Å². The highest BCUT2D eigenvalue weighted by Crippen LogP contribution is 2.36. The molecule has 0 bridgehead atoms. The van der Waals surface area contributed by atoms with Gasteiger partial charge in [0.05, 0.1) is 12.3 Å². The summed E-state index contributed by atoms with van der Waals surface area (Å²) in [5.41, 5.74) is -1.19. The molecule has 0 saturated carbocycles. The Labute approximate surface area is 119 Å². The first-order valence-electron chi connectivity index (χ1n) is 7.35. The second kappa shape index (κ2) is 5.22. The van der Waals surface area contributed by atoms with Crippen molar-refractivity contribution in [1.29, 1.82) is 0 Å². The predicted molar refractivity (Wildman–Crippen MR) is 74.1 cm³/mol. The number of amides is 1.